The van der Waals surface area contributed by atoms with E-state index < -0.39 is 0 Å². The van der Waals surface area contributed by atoms with Crippen LogP contribution in [0.15, 0.2) is 54.6 Å². The van der Waals surface area contributed by atoms with Crippen molar-refractivity contribution in [3.63, 3.8) is 0 Å². The van der Waals surface area contributed by atoms with E-state index in [1.165, 1.54) is 23.3 Å². The van der Waals surface area contributed by atoms with Gasteiger partial charge < -0.3 is 15.5 Å². The molecule has 24 heavy (non-hydrogen) atoms. The molecule has 0 spiro atoms. The lowest BCUT2D eigenvalue weighted by Crippen LogP contribution is -2.33. The minimum absolute atomic E-state index is 0.0875. The molecule has 0 bridgehead atoms. The third-order valence-corrected chi connectivity index (χ3v) is 4.45. The van der Waals surface area contributed by atoms with Crippen molar-refractivity contribution in [3.8, 4) is 0 Å². The van der Waals surface area contributed by atoms with Crippen molar-refractivity contribution in [1.29, 1.82) is 0 Å². The van der Waals surface area contributed by atoms with Crippen LogP contribution in [0.4, 0.5) is 4.39 Å². The first-order valence-corrected chi connectivity index (χ1v) is 8.21. The van der Waals surface area contributed by atoms with E-state index in [9.17, 15) is 4.39 Å². The van der Waals surface area contributed by atoms with E-state index in [0.29, 0.717) is 0 Å². The number of nitrogens with one attached hydrogen (secondary N) is 3. The first-order chi connectivity index (χ1) is 11.8. The summed E-state index contributed by atoms with van der Waals surface area (Å²) in [4.78, 5) is 0. The van der Waals surface area contributed by atoms with Gasteiger partial charge in [0.2, 0.25) is 0 Å². The molecule has 4 rings (SSSR count). The van der Waals surface area contributed by atoms with Crippen LogP contribution in [0.25, 0.3) is 5.70 Å². The highest BCUT2D eigenvalue weighted by molar-refractivity contribution is 5.66. The van der Waals surface area contributed by atoms with Crippen LogP contribution in [0.5, 0.6) is 0 Å². The largest absolute Gasteiger partial charge is 0.371 e. The fourth-order valence-electron chi connectivity index (χ4n) is 3.08. The lowest BCUT2D eigenvalue weighted by atomic mass is 10.0. The number of benzene rings is 2. The third-order valence-electron chi connectivity index (χ3n) is 4.45. The Balaban J connectivity index is 1.49. The van der Waals surface area contributed by atoms with Crippen molar-refractivity contribution in [2.45, 2.75) is 12.1 Å². The summed E-state index contributed by atoms with van der Waals surface area (Å²) < 4.78 is 18.8. The zero-order valence-electron chi connectivity index (χ0n) is 13.3. The average Bonchev–Trinajstić information content (AvgIpc) is 3.13. The third kappa shape index (κ3) is 3.19. The van der Waals surface area contributed by atoms with Crippen LogP contribution in [0, 0.1) is 5.82 Å². The first-order valence-electron chi connectivity index (χ1n) is 8.21. The molecule has 0 radical (unpaired) electrons. The zero-order chi connectivity index (χ0) is 16.4. The maximum Gasteiger partial charge on any atom is 0.123 e. The van der Waals surface area contributed by atoms with Crippen LogP contribution in [0.3, 0.4) is 0 Å². The second-order valence-electron chi connectivity index (χ2n) is 6.06. The number of hydrogen-bond donors (Lipinski definition) is 3. The summed E-state index contributed by atoms with van der Waals surface area (Å²) in [5, 5.41) is 3.35. The minimum Gasteiger partial charge on any atom is -0.371 e. The van der Waals surface area contributed by atoms with Crippen LogP contribution in [0.1, 0.15) is 28.8 Å². The number of morpholine rings is 1. The zero-order valence-corrected chi connectivity index (χ0v) is 13.3. The molecule has 2 heterocycles. The van der Waals surface area contributed by atoms with Crippen LogP contribution in [-0.2, 0) is 4.74 Å². The van der Waals surface area contributed by atoms with Crippen molar-refractivity contribution in [2.75, 3.05) is 19.7 Å². The highest BCUT2D eigenvalue weighted by Gasteiger charge is 2.19. The topological polar surface area (TPSA) is 45.3 Å². The van der Waals surface area contributed by atoms with Crippen molar-refractivity contribution < 1.29 is 9.13 Å². The molecule has 1 saturated heterocycles. The molecule has 0 aliphatic carbocycles. The van der Waals surface area contributed by atoms with Crippen LogP contribution >= 0.6 is 0 Å². The van der Waals surface area contributed by atoms with Crippen LogP contribution < -0.4 is 16.2 Å². The molecule has 124 valence electrons. The summed E-state index contributed by atoms with van der Waals surface area (Å²) >= 11 is 0. The summed E-state index contributed by atoms with van der Waals surface area (Å²) in [6, 6.07) is 15.1. The Bertz CT molecular complexity index is 721. The Hall–Kier alpha value is -2.21. The van der Waals surface area contributed by atoms with Gasteiger partial charge >= 0.3 is 0 Å². The lowest BCUT2D eigenvalue weighted by molar-refractivity contribution is 0.0277. The van der Waals surface area contributed by atoms with Gasteiger partial charge in [-0.25, -0.2) is 9.82 Å². The van der Waals surface area contributed by atoms with E-state index in [-0.39, 0.29) is 18.0 Å². The smallest absolute Gasteiger partial charge is 0.123 e. The Morgan fingerprint density at radius 2 is 1.71 bits per heavy atom. The number of halogens is 1. The summed E-state index contributed by atoms with van der Waals surface area (Å²) in [7, 11) is 0. The molecule has 2 unspecified atom stereocenters. The Morgan fingerprint density at radius 1 is 0.958 bits per heavy atom. The molecule has 3 N–H and O–H groups in total. The van der Waals surface area contributed by atoms with E-state index in [2.05, 4.69) is 46.5 Å². The van der Waals surface area contributed by atoms with Gasteiger partial charge in [-0.1, -0.05) is 24.3 Å². The van der Waals surface area contributed by atoms with Crippen LogP contribution in [-0.4, -0.2) is 19.7 Å². The van der Waals surface area contributed by atoms with Gasteiger partial charge in [-0.3, -0.25) is 0 Å². The molecule has 2 aliphatic heterocycles. The summed E-state index contributed by atoms with van der Waals surface area (Å²) in [6.07, 6.45) is 2.24. The SMILES string of the molecule is Fc1ccc(C2=CC(c3ccc(C4CNCCO4)cc3)NN2)cc1. The van der Waals surface area contributed by atoms with E-state index >= 15 is 0 Å². The normalized spacial score (nSPS) is 23.6. The molecule has 2 atom stereocenters. The molecule has 0 amide bonds. The minimum atomic E-state index is -0.225. The number of hydrazine groups is 1. The molecule has 4 nitrogen and oxygen atoms in total. The van der Waals surface area contributed by atoms with Crippen LogP contribution in [0.2, 0.25) is 0 Å². The van der Waals surface area contributed by atoms with Crippen molar-refractivity contribution in [1.82, 2.24) is 16.2 Å². The molecule has 2 aliphatic rings. The molecular weight excluding hydrogens is 305 g/mol. The number of hydrogen-bond acceptors (Lipinski definition) is 4. The van der Waals surface area contributed by atoms with E-state index in [1.807, 2.05) is 0 Å². The van der Waals surface area contributed by atoms with Crippen molar-refractivity contribution in [2.24, 2.45) is 0 Å². The predicted molar refractivity (Wildman–Crippen MR) is 91.4 cm³/mol. The molecule has 2 aromatic rings. The standard InChI is InChI=1S/C19H20FN3O/c20-16-7-5-14(6-8-16)18-11-17(22-23-18)13-1-3-15(4-2-13)19-12-21-9-10-24-19/h1-8,11,17,19,21-23H,9-10,12H2. The quantitative estimate of drug-likeness (QED) is 0.812. The molecule has 5 heteroatoms. The van der Waals surface area contributed by atoms with Gasteiger partial charge in [-0.05, 0) is 47.0 Å². The van der Waals surface area contributed by atoms with Gasteiger partial charge in [-0.2, -0.15) is 0 Å². The maximum atomic E-state index is 13.0. The summed E-state index contributed by atoms with van der Waals surface area (Å²) in [5.74, 6) is -0.225. The summed E-state index contributed by atoms with van der Waals surface area (Å²) in [6.45, 7) is 2.53. The van der Waals surface area contributed by atoms with Gasteiger partial charge in [0, 0.05) is 13.1 Å². The lowest BCUT2D eigenvalue weighted by Gasteiger charge is -2.24. The van der Waals surface area contributed by atoms with Gasteiger partial charge in [0.1, 0.15) is 5.82 Å². The highest BCUT2D eigenvalue weighted by Crippen LogP contribution is 2.26. The second kappa shape index (κ2) is 6.73. The van der Waals surface area contributed by atoms with Gasteiger partial charge in [0.25, 0.3) is 0 Å². The van der Waals surface area contributed by atoms with E-state index in [4.69, 9.17) is 4.74 Å². The first kappa shape index (κ1) is 15.3. The van der Waals surface area contributed by atoms with Crippen molar-refractivity contribution >= 4 is 5.70 Å². The molecular formula is C19H20FN3O. The fraction of sp³-hybridized carbons (Fsp3) is 0.263. The van der Waals surface area contributed by atoms with E-state index in [0.717, 1.165) is 31.0 Å². The molecule has 0 aromatic heterocycles. The highest BCUT2D eigenvalue weighted by atomic mass is 19.1. The molecule has 2 aromatic carbocycles. The number of rotatable bonds is 3. The predicted octanol–water partition coefficient (Wildman–Crippen LogP) is 2.68. The number of ether oxygens (including phenoxy) is 1. The van der Waals surface area contributed by atoms with Gasteiger partial charge in [0.15, 0.2) is 0 Å². The maximum absolute atomic E-state index is 13.0. The van der Waals surface area contributed by atoms with Gasteiger partial charge in [0.05, 0.1) is 24.4 Å². The Kier molecular flexibility index (Phi) is 4.30. The van der Waals surface area contributed by atoms with Crippen molar-refractivity contribution in [3.05, 3.63) is 77.1 Å². The average molecular weight is 325 g/mol. The fourth-order valence-corrected chi connectivity index (χ4v) is 3.08. The molecule has 1 fully saturated rings. The second-order valence-corrected chi connectivity index (χ2v) is 6.06. The monoisotopic (exact) mass is 325 g/mol. The Labute approximate surface area is 140 Å². The van der Waals surface area contributed by atoms with Gasteiger partial charge in [-0.15, -0.1) is 0 Å². The Morgan fingerprint density at radius 3 is 2.42 bits per heavy atom. The van der Waals surface area contributed by atoms with E-state index in [1.54, 1.807) is 12.1 Å². The molecule has 0 saturated carbocycles. The summed E-state index contributed by atoms with van der Waals surface area (Å²) in [5.41, 5.74) is 10.7.